The Balaban J connectivity index is 2.32. The molecule has 1 aromatic rings. The van der Waals surface area contributed by atoms with E-state index in [4.69, 9.17) is 11.6 Å². The normalized spacial score (nSPS) is 25.8. The number of halogens is 1. The molecular weight excluding hydrogens is 210 g/mol. The van der Waals surface area contributed by atoms with Gasteiger partial charge in [0.15, 0.2) is 0 Å². The summed E-state index contributed by atoms with van der Waals surface area (Å²) in [6.45, 7) is 5.12. The maximum absolute atomic E-state index is 9.86. The molecule has 0 saturated carbocycles. The van der Waals surface area contributed by atoms with Crippen molar-refractivity contribution in [2.24, 2.45) is 5.92 Å². The van der Waals surface area contributed by atoms with Crippen LogP contribution in [-0.4, -0.2) is 11.7 Å². The number of phenols is 1. The smallest absolute Gasteiger partial charge is 0.120 e. The molecule has 82 valence electrons. The van der Waals surface area contributed by atoms with E-state index in [1.54, 1.807) is 6.07 Å². The van der Waals surface area contributed by atoms with Crippen LogP contribution < -0.4 is 5.32 Å². The fourth-order valence-electron chi connectivity index (χ4n) is 2.11. The van der Waals surface area contributed by atoms with Gasteiger partial charge in [0.2, 0.25) is 0 Å². The van der Waals surface area contributed by atoms with Gasteiger partial charge in [-0.05, 0) is 43.5 Å². The highest BCUT2D eigenvalue weighted by atomic mass is 35.5. The molecule has 2 N–H and O–H groups in total. The first-order valence-corrected chi connectivity index (χ1v) is 5.68. The average molecular weight is 226 g/mol. The standard InChI is InChI=1S/C12H16ClNO/c1-7-3-11(14-6-7)9-5-10(13)8(2)4-12(9)15/h4-5,7,11,14-15H,3,6H2,1-2H3/t7-,11-/m1/s1. The summed E-state index contributed by atoms with van der Waals surface area (Å²) in [5.74, 6) is 1.01. The number of aromatic hydroxyl groups is 1. The fraction of sp³-hybridized carbons (Fsp3) is 0.500. The van der Waals surface area contributed by atoms with Gasteiger partial charge in [-0.1, -0.05) is 18.5 Å². The topological polar surface area (TPSA) is 32.3 Å². The molecule has 1 aromatic carbocycles. The van der Waals surface area contributed by atoms with Gasteiger partial charge in [-0.15, -0.1) is 0 Å². The second-order valence-corrected chi connectivity index (χ2v) is 4.87. The van der Waals surface area contributed by atoms with Gasteiger partial charge >= 0.3 is 0 Å². The summed E-state index contributed by atoms with van der Waals surface area (Å²) in [5, 5.41) is 14.0. The van der Waals surface area contributed by atoms with Crippen LogP contribution in [0.15, 0.2) is 12.1 Å². The summed E-state index contributed by atoms with van der Waals surface area (Å²) in [5.41, 5.74) is 1.85. The lowest BCUT2D eigenvalue weighted by molar-refractivity contribution is 0.455. The molecule has 1 aliphatic rings. The Kier molecular flexibility index (Phi) is 2.89. The molecule has 2 rings (SSSR count). The Morgan fingerprint density at radius 1 is 1.47 bits per heavy atom. The zero-order chi connectivity index (χ0) is 11.0. The number of aryl methyl sites for hydroxylation is 1. The van der Waals surface area contributed by atoms with Gasteiger partial charge in [-0.25, -0.2) is 0 Å². The van der Waals surface area contributed by atoms with E-state index in [0.717, 1.165) is 29.1 Å². The van der Waals surface area contributed by atoms with Crippen molar-refractivity contribution < 1.29 is 5.11 Å². The highest BCUT2D eigenvalue weighted by molar-refractivity contribution is 6.31. The fourth-order valence-corrected chi connectivity index (χ4v) is 2.28. The first-order chi connectivity index (χ1) is 7.08. The van der Waals surface area contributed by atoms with Gasteiger partial charge in [-0.2, -0.15) is 0 Å². The van der Waals surface area contributed by atoms with Gasteiger partial charge in [0.05, 0.1) is 0 Å². The molecule has 0 bridgehead atoms. The van der Waals surface area contributed by atoms with E-state index in [1.807, 2.05) is 13.0 Å². The first-order valence-electron chi connectivity index (χ1n) is 5.30. The van der Waals surface area contributed by atoms with Crippen LogP contribution in [0.25, 0.3) is 0 Å². The maximum atomic E-state index is 9.86. The third kappa shape index (κ3) is 2.11. The SMILES string of the molecule is Cc1cc(O)c([C@H]2C[C@@H](C)CN2)cc1Cl. The third-order valence-corrected chi connectivity index (χ3v) is 3.44. The highest BCUT2D eigenvalue weighted by Gasteiger charge is 2.24. The van der Waals surface area contributed by atoms with Crippen molar-refractivity contribution in [3.05, 3.63) is 28.3 Å². The summed E-state index contributed by atoms with van der Waals surface area (Å²) >= 11 is 6.06. The number of nitrogens with one attached hydrogen (secondary N) is 1. The highest BCUT2D eigenvalue weighted by Crippen LogP contribution is 2.35. The summed E-state index contributed by atoms with van der Waals surface area (Å²) in [6.07, 6.45) is 1.06. The molecule has 1 saturated heterocycles. The van der Waals surface area contributed by atoms with E-state index in [2.05, 4.69) is 12.2 Å². The molecule has 0 spiro atoms. The Morgan fingerprint density at radius 3 is 2.80 bits per heavy atom. The van der Waals surface area contributed by atoms with Crippen molar-refractivity contribution >= 4 is 11.6 Å². The number of rotatable bonds is 1. The second kappa shape index (κ2) is 4.03. The summed E-state index contributed by atoms with van der Waals surface area (Å²) in [6, 6.07) is 3.86. The first kappa shape index (κ1) is 10.8. The molecular formula is C12H16ClNO. The Hall–Kier alpha value is -0.730. The van der Waals surface area contributed by atoms with Crippen LogP contribution in [0.3, 0.4) is 0 Å². The van der Waals surface area contributed by atoms with Gasteiger partial charge in [0.1, 0.15) is 5.75 Å². The van der Waals surface area contributed by atoms with Crippen LogP contribution in [0.4, 0.5) is 0 Å². The van der Waals surface area contributed by atoms with Crippen molar-refractivity contribution in [2.75, 3.05) is 6.54 Å². The van der Waals surface area contributed by atoms with Crippen LogP contribution in [0.5, 0.6) is 5.75 Å². The predicted molar refractivity (Wildman–Crippen MR) is 62.4 cm³/mol. The van der Waals surface area contributed by atoms with E-state index in [0.29, 0.717) is 11.7 Å². The van der Waals surface area contributed by atoms with Crippen LogP contribution in [0.2, 0.25) is 5.02 Å². The van der Waals surface area contributed by atoms with Crippen LogP contribution in [0.1, 0.15) is 30.5 Å². The second-order valence-electron chi connectivity index (χ2n) is 4.46. The molecule has 1 fully saturated rings. The molecule has 0 aromatic heterocycles. The van der Waals surface area contributed by atoms with Gasteiger partial charge in [-0.3, -0.25) is 0 Å². The lowest BCUT2D eigenvalue weighted by Gasteiger charge is -2.14. The number of phenolic OH excluding ortho intramolecular Hbond substituents is 1. The van der Waals surface area contributed by atoms with Crippen molar-refractivity contribution in [3.8, 4) is 5.75 Å². The molecule has 15 heavy (non-hydrogen) atoms. The molecule has 1 aliphatic heterocycles. The molecule has 0 amide bonds. The Bertz CT molecular complexity index is 378. The summed E-state index contributed by atoms with van der Waals surface area (Å²) < 4.78 is 0. The quantitative estimate of drug-likeness (QED) is 0.770. The van der Waals surface area contributed by atoms with E-state index < -0.39 is 0 Å². The molecule has 0 aliphatic carbocycles. The van der Waals surface area contributed by atoms with E-state index in [9.17, 15) is 5.11 Å². The van der Waals surface area contributed by atoms with Gasteiger partial charge in [0, 0.05) is 16.6 Å². The van der Waals surface area contributed by atoms with Crippen molar-refractivity contribution in [1.29, 1.82) is 0 Å². The molecule has 2 atom stereocenters. The monoisotopic (exact) mass is 225 g/mol. The molecule has 2 nitrogen and oxygen atoms in total. The van der Waals surface area contributed by atoms with Crippen molar-refractivity contribution in [3.63, 3.8) is 0 Å². The van der Waals surface area contributed by atoms with Crippen molar-refractivity contribution in [1.82, 2.24) is 5.32 Å². The largest absolute Gasteiger partial charge is 0.508 e. The molecule has 0 unspecified atom stereocenters. The minimum Gasteiger partial charge on any atom is -0.508 e. The zero-order valence-electron chi connectivity index (χ0n) is 9.05. The van der Waals surface area contributed by atoms with E-state index >= 15 is 0 Å². The zero-order valence-corrected chi connectivity index (χ0v) is 9.80. The average Bonchev–Trinajstić information content (AvgIpc) is 2.58. The minimum absolute atomic E-state index is 0.248. The minimum atomic E-state index is 0.248. The number of hydrogen-bond acceptors (Lipinski definition) is 2. The Morgan fingerprint density at radius 2 is 2.20 bits per heavy atom. The molecule has 1 heterocycles. The van der Waals surface area contributed by atoms with E-state index in [-0.39, 0.29) is 6.04 Å². The summed E-state index contributed by atoms with van der Waals surface area (Å²) in [4.78, 5) is 0. The molecule has 3 heteroatoms. The number of benzene rings is 1. The maximum Gasteiger partial charge on any atom is 0.120 e. The Labute approximate surface area is 95.3 Å². The van der Waals surface area contributed by atoms with Gasteiger partial charge < -0.3 is 10.4 Å². The van der Waals surface area contributed by atoms with Gasteiger partial charge in [0.25, 0.3) is 0 Å². The lowest BCUT2D eigenvalue weighted by atomic mass is 9.99. The van der Waals surface area contributed by atoms with Crippen LogP contribution >= 0.6 is 11.6 Å². The lowest BCUT2D eigenvalue weighted by Crippen LogP contribution is -2.13. The van der Waals surface area contributed by atoms with Crippen LogP contribution in [-0.2, 0) is 0 Å². The van der Waals surface area contributed by atoms with Crippen molar-refractivity contribution in [2.45, 2.75) is 26.3 Å². The predicted octanol–water partition coefficient (Wildman–Crippen LogP) is 3.02. The van der Waals surface area contributed by atoms with E-state index in [1.165, 1.54) is 0 Å². The third-order valence-electron chi connectivity index (χ3n) is 3.03. The molecule has 0 radical (unpaired) electrons. The summed E-state index contributed by atoms with van der Waals surface area (Å²) in [7, 11) is 0. The van der Waals surface area contributed by atoms with Crippen LogP contribution in [0, 0.1) is 12.8 Å². The number of hydrogen-bond donors (Lipinski definition) is 2.